The van der Waals surface area contributed by atoms with Gasteiger partial charge in [0.1, 0.15) is 5.76 Å². The first-order valence-corrected chi connectivity index (χ1v) is 9.02. The highest BCUT2D eigenvalue weighted by molar-refractivity contribution is 6.46. The van der Waals surface area contributed by atoms with Crippen molar-refractivity contribution in [2.24, 2.45) is 0 Å². The van der Waals surface area contributed by atoms with Crippen LogP contribution in [0, 0.1) is 6.92 Å². The molecule has 1 fully saturated rings. The van der Waals surface area contributed by atoms with Gasteiger partial charge in [-0.3, -0.25) is 14.4 Å². The Labute approximate surface area is 162 Å². The number of carbonyl (C=O) groups excluding carboxylic acids is 2. The minimum absolute atomic E-state index is 0.0235. The molecule has 144 valence electrons. The van der Waals surface area contributed by atoms with E-state index in [-0.39, 0.29) is 30.7 Å². The second-order valence-electron chi connectivity index (χ2n) is 6.77. The number of amides is 1. The van der Waals surface area contributed by atoms with E-state index in [1.54, 1.807) is 30.3 Å². The topological polar surface area (TPSA) is 94.9 Å². The van der Waals surface area contributed by atoms with Crippen molar-refractivity contribution in [1.82, 2.24) is 4.90 Å². The van der Waals surface area contributed by atoms with E-state index >= 15 is 0 Å². The van der Waals surface area contributed by atoms with E-state index in [1.807, 2.05) is 31.2 Å². The number of carboxylic acid groups (broad SMARTS) is 1. The summed E-state index contributed by atoms with van der Waals surface area (Å²) in [7, 11) is 0. The molecule has 0 saturated carbocycles. The summed E-state index contributed by atoms with van der Waals surface area (Å²) in [6.07, 6.45) is 0.110. The number of aliphatic carboxylic acids is 1. The highest BCUT2D eigenvalue weighted by Crippen LogP contribution is 2.39. The Bertz CT molecular complexity index is 931. The van der Waals surface area contributed by atoms with Gasteiger partial charge in [-0.25, -0.2) is 0 Å². The predicted octanol–water partition coefficient (Wildman–Crippen LogP) is 3.28. The molecular formula is C22H21NO5. The summed E-state index contributed by atoms with van der Waals surface area (Å²) in [5.41, 5.74) is 2.19. The highest BCUT2D eigenvalue weighted by atomic mass is 16.4. The van der Waals surface area contributed by atoms with Gasteiger partial charge in [-0.15, -0.1) is 0 Å². The van der Waals surface area contributed by atoms with Crippen molar-refractivity contribution >= 4 is 23.4 Å². The number of Topliss-reactive ketones (excluding diaryl/α,β-unsaturated/α-hetero) is 1. The Balaban J connectivity index is 2.08. The monoisotopic (exact) mass is 379 g/mol. The molecule has 1 atom stereocenters. The number of likely N-dealkylation sites (tertiary alicyclic amines) is 1. The Morgan fingerprint density at radius 2 is 1.64 bits per heavy atom. The summed E-state index contributed by atoms with van der Waals surface area (Å²) >= 11 is 0. The van der Waals surface area contributed by atoms with Crippen LogP contribution in [0.15, 0.2) is 60.2 Å². The van der Waals surface area contributed by atoms with Gasteiger partial charge < -0.3 is 15.1 Å². The second kappa shape index (κ2) is 8.08. The molecule has 6 heteroatoms. The molecular weight excluding hydrogens is 358 g/mol. The molecule has 0 aliphatic carbocycles. The van der Waals surface area contributed by atoms with Crippen molar-refractivity contribution in [3.8, 4) is 0 Å². The Morgan fingerprint density at radius 3 is 2.25 bits per heavy atom. The van der Waals surface area contributed by atoms with Crippen molar-refractivity contribution < 1.29 is 24.6 Å². The van der Waals surface area contributed by atoms with Gasteiger partial charge in [0.2, 0.25) is 0 Å². The highest BCUT2D eigenvalue weighted by Gasteiger charge is 2.45. The van der Waals surface area contributed by atoms with Crippen LogP contribution in [0.2, 0.25) is 0 Å². The molecule has 2 aromatic carbocycles. The number of carboxylic acids is 1. The van der Waals surface area contributed by atoms with E-state index in [9.17, 15) is 19.5 Å². The molecule has 3 rings (SSSR count). The fraction of sp³-hybridized carbons (Fsp3) is 0.227. The summed E-state index contributed by atoms with van der Waals surface area (Å²) in [6, 6.07) is 15.2. The van der Waals surface area contributed by atoms with Crippen molar-refractivity contribution in [2.75, 3.05) is 6.54 Å². The van der Waals surface area contributed by atoms with E-state index in [2.05, 4.69) is 0 Å². The molecule has 28 heavy (non-hydrogen) atoms. The molecule has 6 nitrogen and oxygen atoms in total. The lowest BCUT2D eigenvalue weighted by Gasteiger charge is -2.25. The number of nitrogens with zero attached hydrogens (tertiary/aromatic N) is 1. The minimum Gasteiger partial charge on any atom is -0.507 e. The first-order chi connectivity index (χ1) is 13.4. The van der Waals surface area contributed by atoms with Crippen LogP contribution in [0.25, 0.3) is 5.76 Å². The van der Waals surface area contributed by atoms with Gasteiger partial charge in [0.05, 0.1) is 11.6 Å². The van der Waals surface area contributed by atoms with E-state index in [0.717, 1.165) is 5.56 Å². The van der Waals surface area contributed by atoms with E-state index in [0.29, 0.717) is 11.1 Å². The lowest BCUT2D eigenvalue weighted by atomic mass is 9.94. The van der Waals surface area contributed by atoms with Gasteiger partial charge in [-0.1, -0.05) is 60.2 Å². The van der Waals surface area contributed by atoms with Crippen molar-refractivity contribution in [3.05, 3.63) is 76.9 Å². The second-order valence-corrected chi connectivity index (χ2v) is 6.77. The van der Waals surface area contributed by atoms with Gasteiger partial charge in [-0.05, 0) is 18.9 Å². The lowest BCUT2D eigenvalue weighted by Crippen LogP contribution is -2.31. The van der Waals surface area contributed by atoms with Gasteiger partial charge in [-0.2, -0.15) is 0 Å². The molecule has 0 aromatic heterocycles. The minimum atomic E-state index is -0.965. The van der Waals surface area contributed by atoms with Gasteiger partial charge >= 0.3 is 5.97 Å². The first-order valence-electron chi connectivity index (χ1n) is 9.02. The fourth-order valence-corrected chi connectivity index (χ4v) is 3.36. The van der Waals surface area contributed by atoms with E-state index < -0.39 is 23.7 Å². The number of benzene rings is 2. The summed E-state index contributed by atoms with van der Waals surface area (Å²) in [4.78, 5) is 37.6. The number of carbonyl (C=O) groups is 3. The zero-order chi connectivity index (χ0) is 20.3. The standard InChI is InChI=1S/C22H21NO5/c1-14-9-11-15(12-10-14)19-18(20(26)16-6-3-2-4-7-16)21(27)22(28)23(19)13-5-8-17(24)25/h2-4,6-7,9-12,19,26H,5,8,13H2,1H3,(H,24,25)/b20-18+. The molecule has 0 bridgehead atoms. The zero-order valence-electron chi connectivity index (χ0n) is 15.5. The van der Waals surface area contributed by atoms with Gasteiger partial charge in [0.15, 0.2) is 0 Å². The number of aliphatic hydroxyl groups is 1. The SMILES string of the molecule is Cc1ccc(C2/C(=C(\O)c3ccccc3)C(=O)C(=O)N2CCCC(=O)O)cc1. The van der Waals surface area contributed by atoms with Crippen molar-refractivity contribution in [2.45, 2.75) is 25.8 Å². The van der Waals surface area contributed by atoms with Crippen LogP contribution in [0.4, 0.5) is 0 Å². The fourth-order valence-electron chi connectivity index (χ4n) is 3.36. The van der Waals surface area contributed by atoms with Crippen LogP contribution >= 0.6 is 0 Å². The van der Waals surface area contributed by atoms with Crippen LogP contribution in [-0.2, 0) is 14.4 Å². The van der Waals surface area contributed by atoms with Crippen LogP contribution in [0.1, 0.15) is 35.6 Å². The van der Waals surface area contributed by atoms with Crippen molar-refractivity contribution in [3.63, 3.8) is 0 Å². The van der Waals surface area contributed by atoms with Crippen LogP contribution in [-0.4, -0.2) is 39.3 Å². The maximum absolute atomic E-state index is 12.8. The number of aliphatic hydroxyl groups excluding tert-OH is 1. The Hall–Kier alpha value is -3.41. The maximum Gasteiger partial charge on any atom is 0.303 e. The normalized spacial score (nSPS) is 18.5. The molecule has 1 unspecified atom stereocenters. The molecule has 1 aliphatic heterocycles. The lowest BCUT2D eigenvalue weighted by molar-refractivity contribution is -0.140. The Morgan fingerprint density at radius 1 is 1.00 bits per heavy atom. The summed E-state index contributed by atoms with van der Waals surface area (Å²) in [5, 5.41) is 19.7. The average molecular weight is 379 g/mol. The van der Waals surface area contributed by atoms with E-state index in [1.165, 1.54) is 4.90 Å². The van der Waals surface area contributed by atoms with Crippen LogP contribution < -0.4 is 0 Å². The maximum atomic E-state index is 12.8. The third kappa shape index (κ3) is 3.81. The predicted molar refractivity (Wildman–Crippen MR) is 104 cm³/mol. The van der Waals surface area contributed by atoms with E-state index in [4.69, 9.17) is 5.11 Å². The third-order valence-electron chi connectivity index (χ3n) is 4.77. The molecule has 1 saturated heterocycles. The third-order valence-corrected chi connectivity index (χ3v) is 4.77. The number of ketones is 1. The molecule has 0 radical (unpaired) electrons. The van der Waals surface area contributed by atoms with Crippen LogP contribution in [0.5, 0.6) is 0 Å². The number of aryl methyl sites for hydroxylation is 1. The summed E-state index contributed by atoms with van der Waals surface area (Å²) in [5.74, 6) is -2.69. The number of rotatable bonds is 6. The number of hydrogen-bond acceptors (Lipinski definition) is 4. The largest absolute Gasteiger partial charge is 0.507 e. The van der Waals surface area contributed by atoms with Crippen molar-refractivity contribution in [1.29, 1.82) is 0 Å². The van der Waals surface area contributed by atoms with Crippen LogP contribution in [0.3, 0.4) is 0 Å². The smallest absolute Gasteiger partial charge is 0.303 e. The summed E-state index contributed by atoms with van der Waals surface area (Å²) < 4.78 is 0. The molecule has 1 heterocycles. The van der Waals surface area contributed by atoms with Gasteiger partial charge in [0.25, 0.3) is 11.7 Å². The zero-order valence-corrected chi connectivity index (χ0v) is 15.5. The number of hydrogen-bond donors (Lipinski definition) is 2. The molecule has 0 spiro atoms. The molecule has 1 amide bonds. The first kappa shape index (κ1) is 19.4. The Kier molecular flexibility index (Phi) is 5.59. The van der Waals surface area contributed by atoms with Gasteiger partial charge in [0, 0.05) is 18.5 Å². The summed E-state index contributed by atoms with van der Waals surface area (Å²) in [6.45, 7) is 2.04. The molecule has 1 aliphatic rings. The molecule has 2 aromatic rings. The molecule has 2 N–H and O–H groups in total. The quantitative estimate of drug-likeness (QED) is 0.456. The average Bonchev–Trinajstić information content (AvgIpc) is 2.93.